The van der Waals surface area contributed by atoms with Gasteiger partial charge in [-0.25, -0.2) is 0 Å². The highest BCUT2D eigenvalue weighted by Gasteiger charge is 2.23. The minimum atomic E-state index is 0.242. The van der Waals surface area contributed by atoms with Crippen LogP contribution in [-0.2, 0) is 6.42 Å². The van der Waals surface area contributed by atoms with Crippen LogP contribution in [0.25, 0.3) is 0 Å². The summed E-state index contributed by atoms with van der Waals surface area (Å²) >= 11 is 6.10. The number of anilines is 3. The van der Waals surface area contributed by atoms with E-state index in [1.807, 2.05) is 6.07 Å². The molecule has 110 valence electrons. The quantitative estimate of drug-likeness (QED) is 0.868. The molecule has 6 heteroatoms. The third-order valence-electron chi connectivity index (χ3n) is 3.76. The molecule has 0 N–H and O–H groups in total. The van der Waals surface area contributed by atoms with Gasteiger partial charge in [-0.2, -0.15) is 15.0 Å². The van der Waals surface area contributed by atoms with Crippen LogP contribution < -0.4 is 9.80 Å². The van der Waals surface area contributed by atoms with E-state index in [2.05, 4.69) is 56.8 Å². The molecule has 0 bridgehead atoms. The maximum Gasteiger partial charge on any atom is 0.236 e. The van der Waals surface area contributed by atoms with E-state index in [0.29, 0.717) is 11.9 Å². The summed E-state index contributed by atoms with van der Waals surface area (Å²) < 4.78 is 0. The molecular weight excluding hydrogens is 286 g/mol. The number of halogens is 1. The van der Waals surface area contributed by atoms with Crippen LogP contribution in [0.2, 0.25) is 5.28 Å². The number of fused-ring (bicyclic) bond motifs is 1. The fourth-order valence-electron chi connectivity index (χ4n) is 2.64. The molecule has 0 radical (unpaired) electrons. The first-order chi connectivity index (χ1) is 10.2. The van der Waals surface area contributed by atoms with Gasteiger partial charge in [-0.05, 0) is 43.5 Å². The van der Waals surface area contributed by atoms with Gasteiger partial charge >= 0.3 is 0 Å². The zero-order chi connectivity index (χ0) is 14.8. The van der Waals surface area contributed by atoms with E-state index in [9.17, 15) is 0 Å². The number of rotatable bonds is 4. The maximum atomic E-state index is 6.10. The van der Waals surface area contributed by atoms with Gasteiger partial charge in [0, 0.05) is 25.3 Å². The van der Waals surface area contributed by atoms with Crippen molar-refractivity contribution < 1.29 is 0 Å². The lowest BCUT2D eigenvalue weighted by atomic mass is 10.2. The minimum absolute atomic E-state index is 0.242. The van der Waals surface area contributed by atoms with Crippen molar-refractivity contribution in [1.29, 1.82) is 0 Å². The molecule has 0 saturated carbocycles. The van der Waals surface area contributed by atoms with Gasteiger partial charge in [-0.15, -0.1) is 0 Å². The van der Waals surface area contributed by atoms with Crippen molar-refractivity contribution in [2.24, 2.45) is 0 Å². The van der Waals surface area contributed by atoms with E-state index in [-0.39, 0.29) is 5.28 Å². The molecule has 5 nitrogen and oxygen atoms in total. The molecule has 1 aliphatic heterocycles. The molecule has 1 aromatic heterocycles. The van der Waals surface area contributed by atoms with Crippen LogP contribution in [0.1, 0.15) is 19.4 Å². The Morgan fingerprint density at radius 3 is 2.67 bits per heavy atom. The summed E-state index contributed by atoms with van der Waals surface area (Å²) in [5, 5.41) is 0.242. The van der Waals surface area contributed by atoms with Crippen LogP contribution in [-0.4, -0.2) is 34.6 Å². The normalized spacial score (nSPS) is 13.4. The molecule has 1 aliphatic rings. The molecule has 0 amide bonds. The Hall–Kier alpha value is -1.88. The number of benzene rings is 1. The number of hydrogen-bond acceptors (Lipinski definition) is 5. The zero-order valence-electron chi connectivity index (χ0n) is 12.3. The zero-order valence-corrected chi connectivity index (χ0v) is 13.0. The molecule has 0 spiro atoms. The predicted molar refractivity (Wildman–Crippen MR) is 85.6 cm³/mol. The largest absolute Gasteiger partial charge is 0.341 e. The number of hydrogen-bond donors (Lipinski definition) is 0. The Balaban J connectivity index is 2.00. The molecular formula is C15H18ClN5. The van der Waals surface area contributed by atoms with E-state index < -0.39 is 0 Å². The van der Waals surface area contributed by atoms with Crippen LogP contribution in [0.4, 0.5) is 17.6 Å². The van der Waals surface area contributed by atoms with E-state index in [1.54, 1.807) is 0 Å². The van der Waals surface area contributed by atoms with Gasteiger partial charge in [-0.3, -0.25) is 0 Å². The third-order valence-corrected chi connectivity index (χ3v) is 3.93. The smallest absolute Gasteiger partial charge is 0.236 e. The van der Waals surface area contributed by atoms with E-state index in [0.717, 1.165) is 31.7 Å². The Morgan fingerprint density at radius 2 is 1.90 bits per heavy atom. The highest BCUT2D eigenvalue weighted by Crippen LogP contribution is 2.33. The van der Waals surface area contributed by atoms with Crippen LogP contribution in [0.5, 0.6) is 0 Å². The van der Waals surface area contributed by atoms with Gasteiger partial charge in [0.15, 0.2) is 0 Å². The van der Waals surface area contributed by atoms with Crippen LogP contribution in [0.3, 0.4) is 0 Å². The molecule has 0 unspecified atom stereocenters. The first kappa shape index (κ1) is 14.1. The fourth-order valence-corrected chi connectivity index (χ4v) is 2.80. The summed E-state index contributed by atoms with van der Waals surface area (Å²) in [6.07, 6.45) is 1.00. The standard InChI is InChI=1S/C15H18ClN5/c1-3-20(4-2)14-17-13(16)18-15(19-14)21-10-9-11-7-5-6-8-12(11)21/h5-8H,3-4,9-10H2,1-2H3. The third kappa shape index (κ3) is 2.65. The molecule has 2 heterocycles. The Kier molecular flexibility index (Phi) is 3.92. The fraction of sp³-hybridized carbons (Fsp3) is 0.400. The Labute approximate surface area is 129 Å². The molecule has 3 rings (SSSR count). The molecule has 0 atom stereocenters. The lowest BCUT2D eigenvalue weighted by molar-refractivity contribution is 0.804. The van der Waals surface area contributed by atoms with E-state index in [4.69, 9.17) is 11.6 Å². The maximum absolute atomic E-state index is 6.10. The van der Waals surface area contributed by atoms with Gasteiger partial charge < -0.3 is 9.80 Å². The highest BCUT2D eigenvalue weighted by molar-refractivity contribution is 6.28. The second kappa shape index (κ2) is 5.85. The van der Waals surface area contributed by atoms with Crippen molar-refractivity contribution in [2.45, 2.75) is 20.3 Å². The van der Waals surface area contributed by atoms with Gasteiger partial charge in [0.05, 0.1) is 0 Å². The van der Waals surface area contributed by atoms with Crippen LogP contribution in [0.15, 0.2) is 24.3 Å². The van der Waals surface area contributed by atoms with Crippen molar-refractivity contribution in [3.63, 3.8) is 0 Å². The number of nitrogens with zero attached hydrogens (tertiary/aromatic N) is 5. The second-order valence-electron chi connectivity index (χ2n) is 4.91. The average Bonchev–Trinajstić information content (AvgIpc) is 2.92. The minimum Gasteiger partial charge on any atom is -0.341 e. The van der Waals surface area contributed by atoms with E-state index >= 15 is 0 Å². The van der Waals surface area contributed by atoms with Gasteiger partial charge in [-0.1, -0.05) is 18.2 Å². The lowest BCUT2D eigenvalue weighted by Crippen LogP contribution is -2.26. The lowest BCUT2D eigenvalue weighted by Gasteiger charge is -2.22. The van der Waals surface area contributed by atoms with Crippen molar-refractivity contribution in [1.82, 2.24) is 15.0 Å². The van der Waals surface area contributed by atoms with Crippen LogP contribution in [0, 0.1) is 0 Å². The summed E-state index contributed by atoms with van der Waals surface area (Å²) in [4.78, 5) is 17.3. The number of aromatic nitrogens is 3. The van der Waals surface area contributed by atoms with Gasteiger partial charge in [0.25, 0.3) is 0 Å². The van der Waals surface area contributed by atoms with E-state index in [1.165, 1.54) is 5.56 Å². The second-order valence-corrected chi connectivity index (χ2v) is 5.25. The molecule has 0 saturated heterocycles. The Morgan fingerprint density at radius 1 is 1.14 bits per heavy atom. The first-order valence-corrected chi connectivity index (χ1v) is 7.62. The van der Waals surface area contributed by atoms with Gasteiger partial charge in [0.1, 0.15) is 0 Å². The monoisotopic (exact) mass is 303 g/mol. The summed E-state index contributed by atoms with van der Waals surface area (Å²) in [5.74, 6) is 1.27. The first-order valence-electron chi connectivity index (χ1n) is 7.25. The predicted octanol–water partition coefficient (Wildman–Crippen LogP) is 3.07. The van der Waals surface area contributed by atoms with Crippen molar-refractivity contribution in [3.8, 4) is 0 Å². The molecule has 21 heavy (non-hydrogen) atoms. The van der Waals surface area contributed by atoms with Gasteiger partial charge in [0.2, 0.25) is 17.2 Å². The summed E-state index contributed by atoms with van der Waals surface area (Å²) in [5.41, 5.74) is 2.48. The van der Waals surface area contributed by atoms with Crippen molar-refractivity contribution in [2.75, 3.05) is 29.4 Å². The summed E-state index contributed by atoms with van der Waals surface area (Å²) in [6, 6.07) is 8.33. The highest BCUT2D eigenvalue weighted by atomic mass is 35.5. The molecule has 0 fully saturated rings. The molecule has 0 aliphatic carbocycles. The SMILES string of the molecule is CCN(CC)c1nc(Cl)nc(N2CCc3ccccc32)n1. The average molecular weight is 304 g/mol. The van der Waals surface area contributed by atoms with Crippen LogP contribution >= 0.6 is 11.6 Å². The summed E-state index contributed by atoms with van der Waals surface area (Å²) in [6.45, 7) is 6.70. The molecule has 2 aromatic rings. The molecule has 1 aromatic carbocycles. The van der Waals surface area contributed by atoms with Crippen molar-refractivity contribution in [3.05, 3.63) is 35.1 Å². The topological polar surface area (TPSA) is 45.2 Å². The van der Waals surface area contributed by atoms with Crippen molar-refractivity contribution >= 4 is 29.2 Å². The summed E-state index contributed by atoms with van der Waals surface area (Å²) in [7, 11) is 0. The Bertz CT molecular complexity index is 642. The number of para-hydroxylation sites is 1.